The molecule has 0 aromatic carbocycles. The first kappa shape index (κ1) is 12.2. The van der Waals surface area contributed by atoms with E-state index in [-0.39, 0.29) is 23.7 Å². The van der Waals surface area contributed by atoms with Crippen LogP contribution in [0.25, 0.3) is 0 Å². The number of Topliss-reactive ketones (excluding diaryl/α,β-unsaturated/α-hetero) is 1. The summed E-state index contributed by atoms with van der Waals surface area (Å²) >= 11 is 0. The van der Waals surface area contributed by atoms with E-state index in [4.69, 9.17) is 0 Å². The number of hydrogen-bond acceptors (Lipinski definition) is 2. The minimum Gasteiger partial charge on any atom is -0.347 e. The van der Waals surface area contributed by atoms with Crippen molar-refractivity contribution >= 4 is 11.7 Å². The van der Waals surface area contributed by atoms with Crippen LogP contribution in [0, 0.1) is 5.92 Å². The van der Waals surface area contributed by atoms with E-state index < -0.39 is 0 Å². The molecular formula is C12H21NO2. The second kappa shape index (κ2) is 5.89. The minimum atomic E-state index is -0.379. The van der Waals surface area contributed by atoms with Gasteiger partial charge in [-0.1, -0.05) is 33.1 Å². The summed E-state index contributed by atoms with van der Waals surface area (Å²) in [5.41, 5.74) is 0. The van der Waals surface area contributed by atoms with Gasteiger partial charge in [-0.3, -0.25) is 9.59 Å². The van der Waals surface area contributed by atoms with Crippen LogP contribution in [0.2, 0.25) is 0 Å². The van der Waals surface area contributed by atoms with Gasteiger partial charge < -0.3 is 5.32 Å². The number of hydrogen-bond donors (Lipinski definition) is 1. The molecule has 3 nitrogen and oxygen atoms in total. The maximum absolute atomic E-state index is 11.5. The molecule has 86 valence electrons. The Hall–Kier alpha value is -0.860. The molecule has 0 spiro atoms. The molecule has 0 radical (unpaired) electrons. The Morgan fingerprint density at radius 2 is 1.80 bits per heavy atom. The van der Waals surface area contributed by atoms with Crippen molar-refractivity contribution in [3.8, 4) is 0 Å². The molecule has 0 atom stereocenters. The second-order valence-electron chi connectivity index (χ2n) is 4.83. The maximum atomic E-state index is 11.5. The zero-order valence-electron chi connectivity index (χ0n) is 9.71. The monoisotopic (exact) mass is 211 g/mol. The van der Waals surface area contributed by atoms with Crippen LogP contribution in [0.1, 0.15) is 52.4 Å². The summed E-state index contributed by atoms with van der Waals surface area (Å²) in [6, 6.07) is 0.238. The summed E-state index contributed by atoms with van der Waals surface area (Å²) in [4.78, 5) is 22.9. The van der Waals surface area contributed by atoms with E-state index in [1.165, 1.54) is 19.3 Å². The lowest BCUT2D eigenvalue weighted by Crippen LogP contribution is -2.40. The molecule has 0 heterocycles. The molecule has 3 heteroatoms. The van der Waals surface area contributed by atoms with Crippen molar-refractivity contribution in [2.24, 2.45) is 5.92 Å². The summed E-state index contributed by atoms with van der Waals surface area (Å²) in [7, 11) is 0. The Labute approximate surface area is 91.6 Å². The highest BCUT2D eigenvalue weighted by Crippen LogP contribution is 2.17. The zero-order valence-corrected chi connectivity index (χ0v) is 9.71. The molecule has 0 aromatic heterocycles. The molecule has 1 aliphatic rings. The summed E-state index contributed by atoms with van der Waals surface area (Å²) in [5, 5.41) is 2.84. The predicted molar refractivity (Wildman–Crippen MR) is 59.5 cm³/mol. The summed E-state index contributed by atoms with van der Waals surface area (Å²) < 4.78 is 0. The SMILES string of the molecule is CC(C)CC(=O)C(=O)NC1CCCCC1. The van der Waals surface area contributed by atoms with Crippen LogP contribution in [0.3, 0.4) is 0 Å². The lowest BCUT2D eigenvalue weighted by molar-refractivity contribution is -0.138. The van der Waals surface area contributed by atoms with Crippen LogP contribution in [-0.4, -0.2) is 17.7 Å². The Balaban J connectivity index is 2.30. The molecular weight excluding hydrogens is 190 g/mol. The molecule has 0 aliphatic heterocycles. The standard InChI is InChI=1S/C12H21NO2/c1-9(2)8-11(14)12(15)13-10-6-4-3-5-7-10/h9-10H,3-8H2,1-2H3,(H,13,15). The Morgan fingerprint density at radius 3 is 2.33 bits per heavy atom. The highest BCUT2D eigenvalue weighted by Gasteiger charge is 2.20. The Kier molecular flexibility index (Phi) is 4.79. The van der Waals surface area contributed by atoms with Gasteiger partial charge in [0.15, 0.2) is 0 Å². The Bertz CT molecular complexity index is 230. The van der Waals surface area contributed by atoms with Crippen molar-refractivity contribution in [2.75, 3.05) is 0 Å². The van der Waals surface area contributed by atoms with Gasteiger partial charge in [0.2, 0.25) is 5.78 Å². The molecule has 1 aliphatic carbocycles. The number of carbonyl (C=O) groups is 2. The van der Waals surface area contributed by atoms with Gasteiger partial charge in [0, 0.05) is 12.5 Å². The van der Waals surface area contributed by atoms with Gasteiger partial charge in [-0.25, -0.2) is 0 Å². The van der Waals surface area contributed by atoms with Crippen LogP contribution < -0.4 is 5.32 Å². The average molecular weight is 211 g/mol. The van der Waals surface area contributed by atoms with Gasteiger partial charge in [-0.05, 0) is 18.8 Å². The summed E-state index contributed by atoms with van der Waals surface area (Å²) in [6.07, 6.45) is 6.01. The first-order valence-corrected chi connectivity index (χ1v) is 5.93. The van der Waals surface area contributed by atoms with Crippen LogP contribution in [0.5, 0.6) is 0 Å². The average Bonchev–Trinajstić information content (AvgIpc) is 2.18. The summed E-state index contributed by atoms with van der Waals surface area (Å²) in [5.74, 6) is -0.388. The van der Waals surface area contributed by atoms with Gasteiger partial charge in [0.25, 0.3) is 5.91 Å². The molecule has 1 fully saturated rings. The fraction of sp³-hybridized carbons (Fsp3) is 0.833. The van der Waals surface area contributed by atoms with Crippen LogP contribution >= 0.6 is 0 Å². The highest BCUT2D eigenvalue weighted by atomic mass is 16.2. The lowest BCUT2D eigenvalue weighted by atomic mass is 9.95. The van der Waals surface area contributed by atoms with E-state index in [2.05, 4.69) is 5.32 Å². The van der Waals surface area contributed by atoms with Crippen LogP contribution in [-0.2, 0) is 9.59 Å². The third-order valence-corrected chi connectivity index (χ3v) is 2.79. The van der Waals surface area contributed by atoms with E-state index in [0.29, 0.717) is 6.42 Å². The van der Waals surface area contributed by atoms with Crippen molar-refractivity contribution in [2.45, 2.75) is 58.4 Å². The normalized spacial score (nSPS) is 17.8. The largest absolute Gasteiger partial charge is 0.347 e. The number of amides is 1. The van der Waals surface area contributed by atoms with Crippen LogP contribution in [0.15, 0.2) is 0 Å². The van der Waals surface area contributed by atoms with E-state index in [0.717, 1.165) is 12.8 Å². The second-order valence-corrected chi connectivity index (χ2v) is 4.83. The van der Waals surface area contributed by atoms with Crippen molar-refractivity contribution < 1.29 is 9.59 Å². The van der Waals surface area contributed by atoms with Crippen molar-refractivity contribution in [3.05, 3.63) is 0 Å². The van der Waals surface area contributed by atoms with E-state index in [1.54, 1.807) is 0 Å². The smallest absolute Gasteiger partial charge is 0.287 e. The molecule has 15 heavy (non-hydrogen) atoms. The van der Waals surface area contributed by atoms with Crippen molar-refractivity contribution in [1.82, 2.24) is 5.32 Å². The van der Waals surface area contributed by atoms with Gasteiger partial charge in [-0.2, -0.15) is 0 Å². The van der Waals surface area contributed by atoms with Crippen LogP contribution in [0.4, 0.5) is 0 Å². The van der Waals surface area contributed by atoms with Gasteiger partial charge in [0.1, 0.15) is 0 Å². The molecule has 0 bridgehead atoms. The van der Waals surface area contributed by atoms with Crippen molar-refractivity contribution in [1.29, 1.82) is 0 Å². The quantitative estimate of drug-likeness (QED) is 0.723. The lowest BCUT2D eigenvalue weighted by Gasteiger charge is -2.22. The molecule has 1 rings (SSSR count). The maximum Gasteiger partial charge on any atom is 0.287 e. The molecule has 1 N–H and O–H groups in total. The van der Waals surface area contributed by atoms with Gasteiger partial charge >= 0.3 is 0 Å². The van der Waals surface area contributed by atoms with E-state index in [9.17, 15) is 9.59 Å². The first-order chi connectivity index (χ1) is 7.09. The molecule has 1 amide bonds. The third kappa shape index (κ3) is 4.45. The fourth-order valence-electron chi connectivity index (χ4n) is 1.98. The van der Waals surface area contributed by atoms with E-state index >= 15 is 0 Å². The number of nitrogens with one attached hydrogen (secondary N) is 1. The zero-order chi connectivity index (χ0) is 11.3. The van der Waals surface area contributed by atoms with Gasteiger partial charge in [0.05, 0.1) is 0 Å². The summed E-state index contributed by atoms with van der Waals surface area (Å²) in [6.45, 7) is 3.90. The predicted octanol–water partition coefficient (Wildman–Crippen LogP) is 2.05. The van der Waals surface area contributed by atoms with Crippen molar-refractivity contribution in [3.63, 3.8) is 0 Å². The minimum absolute atomic E-state index is 0.238. The highest BCUT2D eigenvalue weighted by molar-refractivity contribution is 6.36. The van der Waals surface area contributed by atoms with Gasteiger partial charge in [-0.15, -0.1) is 0 Å². The van der Waals surface area contributed by atoms with E-state index in [1.807, 2.05) is 13.8 Å². The number of carbonyl (C=O) groups excluding carboxylic acids is 2. The number of rotatable bonds is 4. The first-order valence-electron chi connectivity index (χ1n) is 5.93. The molecule has 0 saturated heterocycles. The topological polar surface area (TPSA) is 46.2 Å². The third-order valence-electron chi connectivity index (χ3n) is 2.79. The Morgan fingerprint density at radius 1 is 1.20 bits per heavy atom. The molecule has 1 saturated carbocycles. The fourth-order valence-corrected chi connectivity index (χ4v) is 1.98. The number of ketones is 1. The molecule has 0 unspecified atom stereocenters. The molecule has 0 aromatic rings.